The van der Waals surface area contributed by atoms with Crippen LogP contribution in [0, 0.1) is 11.6 Å². The highest BCUT2D eigenvalue weighted by atomic mass is 79.9. The first kappa shape index (κ1) is 20.5. The van der Waals surface area contributed by atoms with Crippen LogP contribution < -0.4 is 0 Å². The van der Waals surface area contributed by atoms with Gasteiger partial charge in [0.1, 0.15) is 11.6 Å². The van der Waals surface area contributed by atoms with Crippen molar-refractivity contribution in [1.29, 1.82) is 0 Å². The molecule has 0 atom stereocenters. The Morgan fingerprint density at radius 2 is 1.76 bits per heavy atom. The first-order valence-corrected chi connectivity index (χ1v) is 10.3. The highest BCUT2D eigenvalue weighted by molar-refractivity contribution is 9.10. The SMILES string of the molecule is O=P(O)(O)C(F)(F)c1ccc(CSCc2cc(F)ccc2F)cc1Br. The van der Waals surface area contributed by atoms with Crippen LogP contribution in [0.25, 0.3) is 0 Å². The Balaban J connectivity index is 2.09. The normalized spacial score (nSPS) is 12.4. The molecular formula is C15H12BrF4O3PS. The number of hydrogen-bond donors (Lipinski definition) is 2. The molecule has 0 saturated heterocycles. The Morgan fingerprint density at radius 3 is 2.36 bits per heavy atom. The molecule has 0 saturated carbocycles. The van der Waals surface area contributed by atoms with Crippen LogP contribution in [0.4, 0.5) is 17.6 Å². The average Bonchev–Trinajstić information content (AvgIpc) is 2.49. The molecule has 25 heavy (non-hydrogen) atoms. The summed E-state index contributed by atoms with van der Waals surface area (Å²) >= 11 is 4.13. The van der Waals surface area contributed by atoms with Gasteiger partial charge in [0.25, 0.3) is 0 Å². The molecule has 0 radical (unpaired) electrons. The monoisotopic (exact) mass is 458 g/mol. The maximum atomic E-state index is 13.7. The Labute approximate surface area is 153 Å². The maximum absolute atomic E-state index is 13.7. The zero-order chi connectivity index (χ0) is 18.8. The Morgan fingerprint density at radius 1 is 1.08 bits per heavy atom. The van der Waals surface area contributed by atoms with Crippen LogP contribution in [0.5, 0.6) is 0 Å². The molecule has 0 unspecified atom stereocenters. The number of hydrogen-bond acceptors (Lipinski definition) is 2. The van der Waals surface area contributed by atoms with Crippen molar-refractivity contribution in [2.75, 3.05) is 0 Å². The molecule has 0 bridgehead atoms. The van der Waals surface area contributed by atoms with Crippen LogP contribution in [0.1, 0.15) is 16.7 Å². The zero-order valence-electron chi connectivity index (χ0n) is 12.4. The van der Waals surface area contributed by atoms with Crippen LogP contribution in [-0.2, 0) is 21.7 Å². The number of thioether (sulfide) groups is 1. The third kappa shape index (κ3) is 4.86. The fraction of sp³-hybridized carbons (Fsp3) is 0.200. The van der Waals surface area contributed by atoms with Crippen molar-refractivity contribution in [3.63, 3.8) is 0 Å². The van der Waals surface area contributed by atoms with E-state index in [1.54, 1.807) is 0 Å². The van der Waals surface area contributed by atoms with Crippen LogP contribution >= 0.6 is 35.3 Å². The lowest BCUT2D eigenvalue weighted by Crippen LogP contribution is -2.14. The van der Waals surface area contributed by atoms with Crippen LogP contribution in [-0.4, -0.2) is 9.79 Å². The summed E-state index contributed by atoms with van der Waals surface area (Å²) in [5.74, 6) is -0.590. The van der Waals surface area contributed by atoms with E-state index >= 15 is 0 Å². The summed E-state index contributed by atoms with van der Waals surface area (Å²) < 4.78 is 64.9. The first-order valence-electron chi connectivity index (χ1n) is 6.76. The molecule has 3 nitrogen and oxygen atoms in total. The standard InChI is InChI=1S/C15H12BrF4O3PS/c16-13-5-9(1-3-12(13)15(19,20)24(21,22)23)7-25-8-10-6-11(17)2-4-14(10)18/h1-6H,7-8H2,(H2,21,22,23). The number of alkyl halides is 2. The second kappa shape index (κ2) is 7.80. The van der Waals surface area contributed by atoms with Gasteiger partial charge in [-0.3, -0.25) is 4.57 Å². The van der Waals surface area contributed by atoms with Gasteiger partial charge in [-0.05, 0) is 29.8 Å². The molecule has 10 heteroatoms. The van der Waals surface area contributed by atoms with Gasteiger partial charge in [-0.15, -0.1) is 0 Å². The van der Waals surface area contributed by atoms with Gasteiger partial charge in [0, 0.05) is 27.1 Å². The molecule has 0 fully saturated rings. The summed E-state index contributed by atoms with van der Waals surface area (Å²) in [5, 5.41) is 0. The molecule has 0 aliphatic carbocycles. The summed E-state index contributed by atoms with van der Waals surface area (Å²) in [6.07, 6.45) is 0. The van der Waals surface area contributed by atoms with Crippen molar-refractivity contribution in [1.82, 2.24) is 0 Å². The van der Waals surface area contributed by atoms with Crippen LogP contribution in [0.2, 0.25) is 0 Å². The van der Waals surface area contributed by atoms with E-state index in [4.69, 9.17) is 9.79 Å². The Kier molecular flexibility index (Phi) is 6.38. The highest BCUT2D eigenvalue weighted by Gasteiger charge is 2.51. The van der Waals surface area contributed by atoms with E-state index in [2.05, 4.69) is 15.9 Å². The fourth-order valence-electron chi connectivity index (χ4n) is 1.98. The smallest absolute Gasteiger partial charge is 0.320 e. The number of halogens is 5. The van der Waals surface area contributed by atoms with Gasteiger partial charge in [-0.25, -0.2) is 8.78 Å². The van der Waals surface area contributed by atoms with Crippen LogP contribution in [0.15, 0.2) is 40.9 Å². The molecule has 0 aliphatic heterocycles. The molecular weight excluding hydrogens is 447 g/mol. The summed E-state index contributed by atoms with van der Waals surface area (Å²) in [5.41, 5.74) is -4.35. The van der Waals surface area contributed by atoms with Crippen molar-refractivity contribution in [2.45, 2.75) is 17.2 Å². The highest BCUT2D eigenvalue weighted by Crippen LogP contribution is 2.60. The lowest BCUT2D eigenvalue weighted by Gasteiger charge is -2.19. The third-order valence-electron chi connectivity index (χ3n) is 3.26. The van der Waals surface area contributed by atoms with Gasteiger partial charge < -0.3 is 9.79 Å². The second-order valence-electron chi connectivity index (χ2n) is 5.13. The molecule has 0 amide bonds. The quantitative estimate of drug-likeness (QED) is 0.450. The molecule has 2 rings (SSSR count). The number of benzene rings is 2. The lowest BCUT2D eigenvalue weighted by atomic mass is 10.1. The van der Waals surface area contributed by atoms with Gasteiger partial charge in [-0.2, -0.15) is 20.5 Å². The van der Waals surface area contributed by atoms with E-state index in [-0.39, 0.29) is 15.8 Å². The zero-order valence-corrected chi connectivity index (χ0v) is 15.7. The second-order valence-corrected chi connectivity index (χ2v) is 8.62. The van der Waals surface area contributed by atoms with Crippen molar-refractivity contribution < 1.29 is 31.9 Å². The molecule has 0 heterocycles. The van der Waals surface area contributed by atoms with Gasteiger partial charge in [-0.1, -0.05) is 28.1 Å². The third-order valence-corrected chi connectivity index (χ3v) is 5.94. The van der Waals surface area contributed by atoms with Crippen LogP contribution in [0.3, 0.4) is 0 Å². The number of rotatable bonds is 6. The molecule has 136 valence electrons. The van der Waals surface area contributed by atoms with Gasteiger partial charge in [0.2, 0.25) is 0 Å². The molecule has 0 spiro atoms. The minimum Gasteiger partial charge on any atom is -0.320 e. The van der Waals surface area contributed by atoms with Gasteiger partial charge in [0.15, 0.2) is 0 Å². The minimum absolute atomic E-state index is 0.143. The molecule has 2 aromatic rings. The predicted octanol–water partition coefficient (Wildman–Crippen LogP) is 5.39. The molecule has 2 N–H and O–H groups in total. The van der Waals surface area contributed by atoms with Crippen molar-refractivity contribution >= 4 is 35.3 Å². The van der Waals surface area contributed by atoms with E-state index < -0.39 is 30.5 Å². The summed E-state index contributed by atoms with van der Waals surface area (Å²) in [7, 11) is -5.65. The first-order chi connectivity index (χ1) is 11.5. The van der Waals surface area contributed by atoms with E-state index in [9.17, 15) is 22.1 Å². The van der Waals surface area contributed by atoms with Gasteiger partial charge in [0.05, 0.1) is 0 Å². The van der Waals surface area contributed by atoms with Crippen molar-refractivity contribution in [3.05, 3.63) is 69.2 Å². The van der Waals surface area contributed by atoms with E-state index in [1.165, 1.54) is 23.9 Å². The molecule has 0 aromatic heterocycles. The van der Waals surface area contributed by atoms with Crippen molar-refractivity contribution in [3.8, 4) is 0 Å². The minimum atomic E-state index is -5.65. The largest absolute Gasteiger partial charge is 0.399 e. The Bertz CT molecular complexity index is 828. The lowest BCUT2D eigenvalue weighted by molar-refractivity contribution is 0.0557. The predicted molar refractivity (Wildman–Crippen MR) is 91.4 cm³/mol. The molecule has 0 aliphatic rings. The van der Waals surface area contributed by atoms with Crippen molar-refractivity contribution in [2.24, 2.45) is 0 Å². The maximum Gasteiger partial charge on any atom is 0.399 e. The topological polar surface area (TPSA) is 57.5 Å². The summed E-state index contributed by atoms with van der Waals surface area (Å²) in [6, 6.07) is 6.68. The Hall–Kier alpha value is -0.860. The summed E-state index contributed by atoms with van der Waals surface area (Å²) in [6.45, 7) is 0. The summed E-state index contributed by atoms with van der Waals surface area (Å²) in [4.78, 5) is 17.6. The van der Waals surface area contributed by atoms with E-state index in [1.807, 2.05) is 0 Å². The van der Waals surface area contributed by atoms with Gasteiger partial charge >= 0.3 is 13.3 Å². The molecule has 2 aromatic carbocycles. The fourth-order valence-corrected chi connectivity index (χ4v) is 4.28. The average molecular weight is 459 g/mol. The van der Waals surface area contributed by atoms with E-state index in [0.717, 1.165) is 24.3 Å². The van der Waals surface area contributed by atoms with E-state index in [0.29, 0.717) is 11.3 Å².